The van der Waals surface area contributed by atoms with Gasteiger partial charge in [0.2, 0.25) is 5.91 Å². The quantitative estimate of drug-likeness (QED) is 0.914. The van der Waals surface area contributed by atoms with Gasteiger partial charge < -0.3 is 5.32 Å². The van der Waals surface area contributed by atoms with Crippen molar-refractivity contribution in [2.24, 2.45) is 5.92 Å². The number of carbonyl (C=O) groups is 1. The first-order chi connectivity index (χ1) is 9.21. The van der Waals surface area contributed by atoms with E-state index in [-0.39, 0.29) is 22.5 Å². The molecule has 1 amide bonds. The number of aromatic nitrogens is 2. The summed E-state index contributed by atoms with van der Waals surface area (Å²) in [5.41, 5.74) is -1.67. The first-order valence-corrected chi connectivity index (χ1v) is 6.60. The fourth-order valence-corrected chi connectivity index (χ4v) is 1.59. The van der Waals surface area contributed by atoms with Crippen molar-refractivity contribution in [1.82, 2.24) is 15.1 Å². The fraction of sp³-hybridized carbons (Fsp3) is 0.500. The van der Waals surface area contributed by atoms with E-state index in [9.17, 15) is 9.59 Å². The maximum absolute atomic E-state index is 11.9. The Morgan fingerprint density at radius 1 is 1.60 bits per heavy atom. The second-order valence-corrected chi connectivity index (χ2v) is 5.57. The molecule has 1 aromatic rings. The number of hydrogen-bond donors (Lipinski definition) is 1. The van der Waals surface area contributed by atoms with Gasteiger partial charge in [-0.25, -0.2) is 4.68 Å². The molecule has 0 aliphatic carbocycles. The Kier molecular flexibility index (Phi) is 5.15. The second-order valence-electron chi connectivity index (χ2n) is 4.79. The van der Waals surface area contributed by atoms with Gasteiger partial charge in [0.05, 0.1) is 17.3 Å². The van der Waals surface area contributed by atoms with Crippen LogP contribution in [0.15, 0.2) is 11.0 Å². The van der Waals surface area contributed by atoms with Crippen LogP contribution in [0.1, 0.15) is 20.8 Å². The van der Waals surface area contributed by atoms with Gasteiger partial charge in [0.25, 0.3) is 5.56 Å². The monoisotopic (exact) mass is 316 g/mol. The highest BCUT2D eigenvalue weighted by atomic mass is 35.5. The summed E-state index contributed by atoms with van der Waals surface area (Å²) in [5.74, 6) is -0.592. The van der Waals surface area contributed by atoms with E-state index < -0.39 is 17.0 Å². The van der Waals surface area contributed by atoms with Gasteiger partial charge in [-0.2, -0.15) is 10.4 Å². The number of hydrogen-bond acceptors (Lipinski definition) is 4. The molecule has 8 heteroatoms. The first kappa shape index (κ1) is 16.5. The van der Waals surface area contributed by atoms with E-state index in [0.29, 0.717) is 0 Å². The largest absolute Gasteiger partial charge is 0.336 e. The SMILES string of the molecule is CC(C)[C@@](C)(C#N)NC(=O)Cn1ncc(Cl)c(Cl)c1=O. The van der Waals surface area contributed by atoms with Crippen molar-refractivity contribution in [3.8, 4) is 6.07 Å². The van der Waals surface area contributed by atoms with Crippen molar-refractivity contribution in [3.63, 3.8) is 0 Å². The van der Waals surface area contributed by atoms with E-state index in [1.54, 1.807) is 6.92 Å². The average molecular weight is 317 g/mol. The summed E-state index contributed by atoms with van der Waals surface area (Å²) in [6.07, 6.45) is 1.19. The van der Waals surface area contributed by atoms with E-state index in [4.69, 9.17) is 28.5 Å². The molecule has 0 fully saturated rings. The number of nitrogens with one attached hydrogen (secondary N) is 1. The van der Waals surface area contributed by atoms with Crippen molar-refractivity contribution >= 4 is 29.1 Å². The van der Waals surface area contributed by atoms with Crippen LogP contribution in [0.3, 0.4) is 0 Å². The first-order valence-electron chi connectivity index (χ1n) is 5.84. The van der Waals surface area contributed by atoms with Crippen molar-refractivity contribution in [2.75, 3.05) is 0 Å². The zero-order valence-electron chi connectivity index (χ0n) is 11.3. The van der Waals surface area contributed by atoms with Crippen LogP contribution in [0.5, 0.6) is 0 Å². The van der Waals surface area contributed by atoms with Crippen LogP contribution in [0.25, 0.3) is 0 Å². The molecule has 0 aliphatic rings. The molecule has 1 N–H and O–H groups in total. The maximum atomic E-state index is 11.9. The van der Waals surface area contributed by atoms with Gasteiger partial charge >= 0.3 is 0 Å². The third-order valence-corrected chi connectivity index (χ3v) is 3.77. The number of amides is 1. The van der Waals surface area contributed by atoms with E-state index in [1.807, 2.05) is 19.9 Å². The Morgan fingerprint density at radius 3 is 2.70 bits per heavy atom. The molecule has 0 aromatic carbocycles. The van der Waals surface area contributed by atoms with Crippen molar-refractivity contribution in [1.29, 1.82) is 5.26 Å². The van der Waals surface area contributed by atoms with Gasteiger partial charge in [-0.15, -0.1) is 0 Å². The molecular weight excluding hydrogens is 303 g/mol. The van der Waals surface area contributed by atoms with Crippen molar-refractivity contribution in [2.45, 2.75) is 32.9 Å². The number of rotatable bonds is 4. The molecule has 1 atom stereocenters. The standard InChI is InChI=1S/C12H14Cl2N4O2/c1-7(2)12(3,6-15)17-9(19)5-18-11(20)10(14)8(13)4-16-18/h4,7H,5H2,1-3H3,(H,17,19)/t12-/m1/s1. The number of halogens is 2. The molecule has 1 rings (SSSR count). The van der Waals surface area contributed by atoms with E-state index in [1.165, 1.54) is 6.20 Å². The Hall–Kier alpha value is -1.58. The van der Waals surface area contributed by atoms with Crippen LogP contribution in [0, 0.1) is 17.2 Å². The van der Waals surface area contributed by atoms with Gasteiger partial charge in [-0.05, 0) is 12.8 Å². The van der Waals surface area contributed by atoms with Crippen LogP contribution in [-0.4, -0.2) is 21.2 Å². The Labute approximate surface area is 126 Å². The Morgan fingerprint density at radius 2 is 2.20 bits per heavy atom. The lowest BCUT2D eigenvalue weighted by molar-refractivity contribution is -0.123. The van der Waals surface area contributed by atoms with E-state index >= 15 is 0 Å². The topological polar surface area (TPSA) is 87.8 Å². The minimum Gasteiger partial charge on any atom is -0.336 e. The Bertz CT molecular complexity index is 621. The Balaban J connectivity index is 2.91. The smallest absolute Gasteiger partial charge is 0.287 e. The predicted octanol–water partition coefficient (Wildman–Crippen LogP) is 1.60. The average Bonchev–Trinajstić information content (AvgIpc) is 2.39. The molecule has 20 heavy (non-hydrogen) atoms. The van der Waals surface area contributed by atoms with E-state index in [2.05, 4.69) is 10.4 Å². The van der Waals surface area contributed by atoms with E-state index in [0.717, 1.165) is 4.68 Å². The molecule has 1 heterocycles. The van der Waals surface area contributed by atoms with Gasteiger partial charge in [-0.1, -0.05) is 37.0 Å². The van der Waals surface area contributed by atoms with Gasteiger partial charge in [0.15, 0.2) is 0 Å². The highest BCUT2D eigenvalue weighted by molar-refractivity contribution is 6.41. The highest BCUT2D eigenvalue weighted by Gasteiger charge is 2.30. The molecule has 108 valence electrons. The van der Waals surface area contributed by atoms with Gasteiger partial charge in [-0.3, -0.25) is 9.59 Å². The molecule has 0 saturated carbocycles. The molecule has 0 aliphatic heterocycles. The van der Waals surface area contributed by atoms with Crippen LogP contribution in [0.4, 0.5) is 0 Å². The lowest BCUT2D eigenvalue weighted by atomic mass is 9.90. The van der Waals surface area contributed by atoms with Gasteiger partial charge in [0.1, 0.15) is 17.1 Å². The second kappa shape index (κ2) is 6.25. The number of nitriles is 1. The lowest BCUT2D eigenvalue weighted by Gasteiger charge is -2.27. The van der Waals surface area contributed by atoms with Crippen molar-refractivity contribution < 1.29 is 4.79 Å². The number of nitrogens with zero attached hydrogens (tertiary/aromatic N) is 3. The lowest BCUT2D eigenvalue weighted by Crippen LogP contribution is -2.50. The van der Waals surface area contributed by atoms with Crippen molar-refractivity contribution in [3.05, 3.63) is 26.6 Å². The molecule has 0 unspecified atom stereocenters. The highest BCUT2D eigenvalue weighted by Crippen LogP contribution is 2.16. The zero-order chi connectivity index (χ0) is 15.5. The summed E-state index contributed by atoms with van der Waals surface area (Å²) < 4.78 is 0.891. The summed E-state index contributed by atoms with van der Waals surface area (Å²) in [5, 5.41) is 15.3. The van der Waals surface area contributed by atoms with Gasteiger partial charge in [0, 0.05) is 0 Å². The summed E-state index contributed by atoms with van der Waals surface area (Å²) in [4.78, 5) is 23.6. The molecule has 6 nitrogen and oxygen atoms in total. The number of carbonyl (C=O) groups excluding carboxylic acids is 1. The molecule has 0 bridgehead atoms. The zero-order valence-corrected chi connectivity index (χ0v) is 12.8. The minimum atomic E-state index is -1.02. The maximum Gasteiger partial charge on any atom is 0.287 e. The summed E-state index contributed by atoms with van der Waals surface area (Å²) in [7, 11) is 0. The molecular formula is C12H14Cl2N4O2. The van der Waals surface area contributed by atoms with Crippen LogP contribution < -0.4 is 10.9 Å². The molecule has 0 saturated heterocycles. The third-order valence-electron chi connectivity index (χ3n) is 3.02. The molecule has 1 aromatic heterocycles. The molecule has 0 radical (unpaired) electrons. The normalized spacial score (nSPS) is 13.7. The van der Waals surface area contributed by atoms with Crippen LogP contribution in [0.2, 0.25) is 10.0 Å². The summed E-state index contributed by atoms with van der Waals surface area (Å²) >= 11 is 11.3. The predicted molar refractivity (Wildman–Crippen MR) is 75.5 cm³/mol. The minimum absolute atomic E-state index is 0.0253. The summed E-state index contributed by atoms with van der Waals surface area (Å²) in [6, 6.07) is 2.04. The fourth-order valence-electron chi connectivity index (χ4n) is 1.32. The summed E-state index contributed by atoms with van der Waals surface area (Å²) in [6.45, 7) is 4.90. The van der Waals surface area contributed by atoms with Crippen LogP contribution >= 0.6 is 23.2 Å². The third kappa shape index (κ3) is 3.50. The van der Waals surface area contributed by atoms with Crippen LogP contribution in [-0.2, 0) is 11.3 Å². The molecule has 0 spiro atoms.